The fourth-order valence-electron chi connectivity index (χ4n) is 2.04. The Morgan fingerprint density at radius 1 is 1.47 bits per heavy atom. The second-order valence-electron chi connectivity index (χ2n) is 4.66. The first-order valence-electron chi connectivity index (χ1n) is 5.59. The SMILES string of the molecule is CC1CN(C(=O)c2cc(Br)cnc2Cl)CC1C. The lowest BCUT2D eigenvalue weighted by atomic mass is 10.0. The summed E-state index contributed by atoms with van der Waals surface area (Å²) in [6, 6.07) is 1.73. The van der Waals surface area contributed by atoms with Crippen molar-refractivity contribution in [3.63, 3.8) is 0 Å². The van der Waals surface area contributed by atoms with Crippen LogP contribution in [0.2, 0.25) is 5.15 Å². The van der Waals surface area contributed by atoms with E-state index in [2.05, 4.69) is 34.8 Å². The van der Waals surface area contributed by atoms with E-state index < -0.39 is 0 Å². The van der Waals surface area contributed by atoms with E-state index in [-0.39, 0.29) is 11.1 Å². The number of pyridine rings is 1. The molecule has 1 aliphatic rings. The molecule has 0 bridgehead atoms. The highest BCUT2D eigenvalue weighted by Crippen LogP contribution is 2.26. The Balaban J connectivity index is 2.23. The number of halogens is 2. The van der Waals surface area contributed by atoms with Gasteiger partial charge in [0, 0.05) is 23.8 Å². The molecule has 2 rings (SSSR count). The van der Waals surface area contributed by atoms with Crippen molar-refractivity contribution < 1.29 is 4.79 Å². The van der Waals surface area contributed by atoms with Gasteiger partial charge in [-0.15, -0.1) is 0 Å². The smallest absolute Gasteiger partial charge is 0.257 e. The fourth-order valence-corrected chi connectivity index (χ4v) is 2.55. The molecule has 1 saturated heterocycles. The summed E-state index contributed by atoms with van der Waals surface area (Å²) in [5.74, 6) is 1.05. The molecule has 3 nitrogen and oxygen atoms in total. The maximum Gasteiger partial charge on any atom is 0.257 e. The van der Waals surface area contributed by atoms with E-state index in [0.717, 1.165) is 17.6 Å². The summed E-state index contributed by atoms with van der Waals surface area (Å²) < 4.78 is 0.769. The molecule has 1 amide bonds. The van der Waals surface area contributed by atoms with Crippen molar-refractivity contribution in [3.8, 4) is 0 Å². The first-order chi connectivity index (χ1) is 7.99. The molecule has 1 aromatic rings. The van der Waals surface area contributed by atoms with Gasteiger partial charge in [-0.1, -0.05) is 25.4 Å². The van der Waals surface area contributed by atoms with Crippen LogP contribution in [0, 0.1) is 11.8 Å². The average Bonchev–Trinajstić information content (AvgIpc) is 2.62. The zero-order chi connectivity index (χ0) is 12.6. The van der Waals surface area contributed by atoms with E-state index in [4.69, 9.17) is 11.6 Å². The van der Waals surface area contributed by atoms with Crippen LogP contribution in [0.15, 0.2) is 16.7 Å². The molecule has 17 heavy (non-hydrogen) atoms. The molecule has 1 fully saturated rings. The highest BCUT2D eigenvalue weighted by Gasteiger charge is 2.30. The molecule has 0 aliphatic carbocycles. The van der Waals surface area contributed by atoms with E-state index >= 15 is 0 Å². The summed E-state index contributed by atoms with van der Waals surface area (Å²) in [5.41, 5.74) is 0.474. The molecule has 1 aromatic heterocycles. The Kier molecular flexibility index (Phi) is 3.73. The van der Waals surface area contributed by atoms with Crippen LogP contribution in [0.4, 0.5) is 0 Å². The molecular formula is C12H14BrClN2O. The average molecular weight is 318 g/mol. The summed E-state index contributed by atoms with van der Waals surface area (Å²) in [4.78, 5) is 18.1. The standard InChI is InChI=1S/C12H14BrClN2O/c1-7-5-16(6-8(7)2)12(17)10-3-9(13)4-15-11(10)14/h3-4,7-8H,5-6H2,1-2H3. The van der Waals surface area contributed by atoms with Gasteiger partial charge in [0.1, 0.15) is 5.15 Å². The van der Waals surface area contributed by atoms with Gasteiger partial charge in [-0.25, -0.2) is 4.98 Å². The van der Waals surface area contributed by atoms with Crippen molar-refractivity contribution in [2.75, 3.05) is 13.1 Å². The van der Waals surface area contributed by atoms with Crippen LogP contribution in [0.25, 0.3) is 0 Å². The van der Waals surface area contributed by atoms with E-state index in [1.165, 1.54) is 0 Å². The molecule has 0 aromatic carbocycles. The molecular weight excluding hydrogens is 304 g/mol. The summed E-state index contributed by atoms with van der Waals surface area (Å²) >= 11 is 9.27. The van der Waals surface area contributed by atoms with Gasteiger partial charge in [-0.05, 0) is 33.8 Å². The van der Waals surface area contributed by atoms with Crippen molar-refractivity contribution in [1.82, 2.24) is 9.88 Å². The number of aromatic nitrogens is 1. The van der Waals surface area contributed by atoms with Gasteiger partial charge in [0.15, 0.2) is 0 Å². The molecule has 1 aliphatic heterocycles. The summed E-state index contributed by atoms with van der Waals surface area (Å²) in [5, 5.41) is 0.269. The number of carbonyl (C=O) groups is 1. The van der Waals surface area contributed by atoms with Gasteiger partial charge in [-0.3, -0.25) is 4.79 Å². The third kappa shape index (κ3) is 2.63. The largest absolute Gasteiger partial charge is 0.338 e. The molecule has 0 N–H and O–H groups in total. The van der Waals surface area contributed by atoms with Crippen molar-refractivity contribution in [2.45, 2.75) is 13.8 Å². The quantitative estimate of drug-likeness (QED) is 0.745. The second-order valence-corrected chi connectivity index (χ2v) is 5.93. The van der Waals surface area contributed by atoms with Gasteiger partial charge in [0.05, 0.1) is 5.56 Å². The van der Waals surface area contributed by atoms with Crippen LogP contribution >= 0.6 is 27.5 Å². The molecule has 2 unspecified atom stereocenters. The number of hydrogen-bond acceptors (Lipinski definition) is 2. The Morgan fingerprint density at radius 2 is 2.06 bits per heavy atom. The van der Waals surface area contributed by atoms with E-state index in [1.807, 2.05) is 4.90 Å². The topological polar surface area (TPSA) is 33.2 Å². The molecule has 5 heteroatoms. The zero-order valence-electron chi connectivity index (χ0n) is 9.78. The molecule has 0 spiro atoms. The van der Waals surface area contributed by atoms with Crippen molar-refractivity contribution in [2.24, 2.45) is 11.8 Å². The van der Waals surface area contributed by atoms with Crippen LogP contribution in [0.3, 0.4) is 0 Å². The van der Waals surface area contributed by atoms with Gasteiger partial charge < -0.3 is 4.90 Å². The Bertz CT molecular complexity index is 442. The number of carbonyl (C=O) groups excluding carboxylic acids is 1. The van der Waals surface area contributed by atoms with Crippen molar-refractivity contribution >= 4 is 33.4 Å². The van der Waals surface area contributed by atoms with Gasteiger partial charge in [0.2, 0.25) is 0 Å². The van der Waals surface area contributed by atoms with Crippen LogP contribution in [-0.2, 0) is 0 Å². The summed E-state index contributed by atoms with van der Waals surface area (Å²) in [6.07, 6.45) is 1.59. The highest BCUT2D eigenvalue weighted by molar-refractivity contribution is 9.10. The number of hydrogen-bond donors (Lipinski definition) is 0. The lowest BCUT2D eigenvalue weighted by molar-refractivity contribution is 0.0784. The zero-order valence-corrected chi connectivity index (χ0v) is 12.1. The van der Waals surface area contributed by atoms with Crippen LogP contribution in [0.5, 0.6) is 0 Å². The lowest BCUT2D eigenvalue weighted by Gasteiger charge is -2.16. The number of amides is 1. The minimum atomic E-state index is -0.0278. The van der Waals surface area contributed by atoms with Crippen LogP contribution < -0.4 is 0 Å². The number of rotatable bonds is 1. The van der Waals surface area contributed by atoms with Crippen molar-refractivity contribution in [1.29, 1.82) is 0 Å². The minimum Gasteiger partial charge on any atom is -0.338 e. The third-order valence-electron chi connectivity index (χ3n) is 3.31. The van der Waals surface area contributed by atoms with Gasteiger partial charge in [-0.2, -0.15) is 0 Å². The van der Waals surface area contributed by atoms with E-state index in [0.29, 0.717) is 17.4 Å². The van der Waals surface area contributed by atoms with Gasteiger partial charge >= 0.3 is 0 Å². The second kappa shape index (κ2) is 4.94. The maximum absolute atomic E-state index is 12.3. The summed E-state index contributed by atoms with van der Waals surface area (Å²) in [6.45, 7) is 5.92. The van der Waals surface area contributed by atoms with Crippen LogP contribution in [-0.4, -0.2) is 28.9 Å². The fraction of sp³-hybridized carbons (Fsp3) is 0.500. The first kappa shape index (κ1) is 12.8. The monoisotopic (exact) mass is 316 g/mol. The van der Waals surface area contributed by atoms with E-state index in [9.17, 15) is 4.79 Å². The summed E-state index contributed by atoms with van der Waals surface area (Å²) in [7, 11) is 0. The molecule has 2 heterocycles. The Labute approximate surface area is 114 Å². The molecule has 2 atom stereocenters. The van der Waals surface area contributed by atoms with Crippen molar-refractivity contribution in [3.05, 3.63) is 27.5 Å². The lowest BCUT2D eigenvalue weighted by Crippen LogP contribution is -2.29. The molecule has 0 saturated carbocycles. The number of nitrogens with zero attached hydrogens (tertiary/aromatic N) is 2. The highest BCUT2D eigenvalue weighted by atomic mass is 79.9. The Hall–Kier alpha value is -0.610. The first-order valence-corrected chi connectivity index (χ1v) is 6.76. The third-order valence-corrected chi connectivity index (χ3v) is 4.05. The predicted molar refractivity (Wildman–Crippen MR) is 71.2 cm³/mol. The number of likely N-dealkylation sites (tertiary alicyclic amines) is 1. The minimum absolute atomic E-state index is 0.0278. The molecule has 0 radical (unpaired) electrons. The predicted octanol–water partition coefficient (Wildman–Crippen LogP) is 3.23. The molecule has 92 valence electrons. The normalized spacial score (nSPS) is 24.1. The Morgan fingerprint density at radius 3 is 2.65 bits per heavy atom. The van der Waals surface area contributed by atoms with E-state index in [1.54, 1.807) is 12.3 Å². The van der Waals surface area contributed by atoms with Crippen LogP contribution in [0.1, 0.15) is 24.2 Å². The maximum atomic E-state index is 12.3. The van der Waals surface area contributed by atoms with Gasteiger partial charge in [0.25, 0.3) is 5.91 Å².